The first kappa shape index (κ1) is 14.3. The van der Waals surface area contributed by atoms with Gasteiger partial charge in [-0.15, -0.1) is 0 Å². The summed E-state index contributed by atoms with van der Waals surface area (Å²) < 4.78 is 0. The number of rotatable bonds is 5. The maximum absolute atomic E-state index is 5.74. The summed E-state index contributed by atoms with van der Waals surface area (Å²) >= 11 is 0. The van der Waals surface area contributed by atoms with Crippen LogP contribution in [-0.4, -0.2) is 18.5 Å². The van der Waals surface area contributed by atoms with E-state index in [2.05, 4.69) is 44.9 Å². The summed E-state index contributed by atoms with van der Waals surface area (Å²) in [5, 5.41) is 3.15. The molecule has 0 bridgehead atoms. The van der Waals surface area contributed by atoms with E-state index >= 15 is 0 Å². The van der Waals surface area contributed by atoms with Crippen molar-refractivity contribution < 1.29 is 0 Å². The molecule has 0 amide bonds. The van der Waals surface area contributed by atoms with Crippen LogP contribution >= 0.6 is 0 Å². The Bertz CT molecular complexity index is 192. The van der Waals surface area contributed by atoms with Crippen LogP contribution in [0, 0.1) is 5.41 Å². The number of nitrogens with two attached hydrogens (primary N) is 1. The van der Waals surface area contributed by atoms with Gasteiger partial charge in [-0.3, -0.25) is 4.99 Å². The highest BCUT2D eigenvalue weighted by Gasteiger charge is 2.08. The summed E-state index contributed by atoms with van der Waals surface area (Å²) in [6.07, 6.45) is 3.36. The van der Waals surface area contributed by atoms with Crippen molar-refractivity contribution in [1.82, 2.24) is 5.32 Å². The van der Waals surface area contributed by atoms with Crippen molar-refractivity contribution in [3.63, 3.8) is 0 Å². The number of hydrogen-bond donors (Lipinski definition) is 2. The third kappa shape index (κ3) is 9.57. The molecule has 3 nitrogen and oxygen atoms in total. The van der Waals surface area contributed by atoms with Crippen LogP contribution in [0.4, 0.5) is 0 Å². The molecule has 0 aliphatic carbocycles. The minimum Gasteiger partial charge on any atom is -0.370 e. The Morgan fingerprint density at radius 2 is 2.00 bits per heavy atom. The van der Waals surface area contributed by atoms with E-state index in [1.165, 1.54) is 6.42 Å². The van der Waals surface area contributed by atoms with Crippen LogP contribution in [0.25, 0.3) is 0 Å². The summed E-state index contributed by atoms with van der Waals surface area (Å²) in [6.45, 7) is 11.8. The van der Waals surface area contributed by atoms with Crippen molar-refractivity contribution in [3.8, 4) is 0 Å². The fourth-order valence-electron chi connectivity index (χ4n) is 1.21. The van der Waals surface area contributed by atoms with Gasteiger partial charge < -0.3 is 11.1 Å². The molecule has 15 heavy (non-hydrogen) atoms. The van der Waals surface area contributed by atoms with Gasteiger partial charge in [-0.2, -0.15) is 0 Å². The molecule has 0 heterocycles. The molecule has 0 spiro atoms. The van der Waals surface area contributed by atoms with Crippen molar-refractivity contribution in [1.29, 1.82) is 0 Å². The number of aliphatic imine (C=N–C) groups is 1. The van der Waals surface area contributed by atoms with Gasteiger partial charge in [0.1, 0.15) is 0 Å². The van der Waals surface area contributed by atoms with Crippen molar-refractivity contribution in [2.24, 2.45) is 16.1 Å². The average molecular weight is 213 g/mol. The fourth-order valence-corrected chi connectivity index (χ4v) is 1.21. The highest BCUT2D eigenvalue weighted by molar-refractivity contribution is 5.78. The van der Waals surface area contributed by atoms with Gasteiger partial charge in [0.2, 0.25) is 0 Å². The second-order valence-corrected chi connectivity index (χ2v) is 5.38. The maximum atomic E-state index is 5.74. The largest absolute Gasteiger partial charge is 0.370 e. The number of nitrogens with zero attached hydrogens (tertiary/aromatic N) is 1. The van der Waals surface area contributed by atoms with Crippen LogP contribution in [0.15, 0.2) is 4.99 Å². The molecule has 0 rings (SSSR count). The number of nitrogens with one attached hydrogen (secondary N) is 1. The van der Waals surface area contributed by atoms with Gasteiger partial charge in [-0.25, -0.2) is 0 Å². The lowest BCUT2D eigenvalue weighted by Gasteiger charge is -2.17. The number of hydrogen-bond acceptors (Lipinski definition) is 1. The van der Waals surface area contributed by atoms with Crippen molar-refractivity contribution in [2.75, 3.05) is 6.54 Å². The summed E-state index contributed by atoms with van der Waals surface area (Å²) in [7, 11) is 0. The van der Waals surface area contributed by atoms with Gasteiger partial charge in [0, 0.05) is 12.6 Å². The molecule has 0 aliphatic rings. The van der Waals surface area contributed by atoms with E-state index in [0.717, 1.165) is 19.4 Å². The molecular weight excluding hydrogens is 186 g/mol. The maximum Gasteiger partial charge on any atom is 0.188 e. The Morgan fingerprint density at radius 3 is 2.47 bits per heavy atom. The first-order valence-electron chi connectivity index (χ1n) is 5.91. The monoisotopic (exact) mass is 213 g/mol. The van der Waals surface area contributed by atoms with Crippen molar-refractivity contribution in [3.05, 3.63) is 0 Å². The second kappa shape index (κ2) is 6.70. The minimum atomic E-state index is 0.397. The Balaban J connectivity index is 3.68. The first-order chi connectivity index (χ1) is 6.85. The van der Waals surface area contributed by atoms with E-state index in [0.29, 0.717) is 17.4 Å². The van der Waals surface area contributed by atoms with E-state index in [1.807, 2.05) is 0 Å². The van der Waals surface area contributed by atoms with Crippen LogP contribution in [0.5, 0.6) is 0 Å². The van der Waals surface area contributed by atoms with Gasteiger partial charge in [0.15, 0.2) is 5.96 Å². The molecule has 3 N–H and O–H groups in total. The molecule has 1 atom stereocenters. The fraction of sp³-hybridized carbons (Fsp3) is 0.917. The van der Waals surface area contributed by atoms with E-state index in [-0.39, 0.29) is 0 Å². The predicted molar refractivity (Wildman–Crippen MR) is 68.1 cm³/mol. The molecule has 3 heteroatoms. The lowest BCUT2D eigenvalue weighted by Crippen LogP contribution is -2.38. The van der Waals surface area contributed by atoms with Crippen LogP contribution in [-0.2, 0) is 0 Å². The summed E-state index contributed by atoms with van der Waals surface area (Å²) in [6, 6.07) is 0.413. The van der Waals surface area contributed by atoms with Gasteiger partial charge in [-0.05, 0) is 31.6 Å². The minimum absolute atomic E-state index is 0.397. The van der Waals surface area contributed by atoms with Gasteiger partial charge in [-0.1, -0.05) is 27.7 Å². The second-order valence-electron chi connectivity index (χ2n) is 5.38. The molecule has 0 aliphatic heterocycles. The summed E-state index contributed by atoms with van der Waals surface area (Å²) in [4.78, 5) is 4.30. The molecule has 0 aromatic rings. The van der Waals surface area contributed by atoms with Crippen molar-refractivity contribution in [2.45, 2.75) is 59.9 Å². The first-order valence-corrected chi connectivity index (χ1v) is 5.91. The highest BCUT2D eigenvalue weighted by atomic mass is 15.1. The zero-order chi connectivity index (χ0) is 11.9. The molecule has 0 aromatic heterocycles. The van der Waals surface area contributed by atoms with Gasteiger partial charge in [0.25, 0.3) is 0 Å². The normalized spacial score (nSPS) is 15.1. The van der Waals surface area contributed by atoms with Crippen molar-refractivity contribution >= 4 is 5.96 Å². The molecule has 0 saturated heterocycles. The quantitative estimate of drug-likeness (QED) is 0.419. The zero-order valence-corrected chi connectivity index (χ0v) is 10.9. The smallest absolute Gasteiger partial charge is 0.188 e. The SMILES string of the molecule is CCC(C)NC(N)=NCCCC(C)(C)C. The third-order valence-corrected chi connectivity index (χ3v) is 2.37. The summed E-state index contributed by atoms with van der Waals surface area (Å²) in [5.41, 5.74) is 6.14. The lowest BCUT2D eigenvalue weighted by atomic mass is 9.91. The van der Waals surface area contributed by atoms with E-state index in [9.17, 15) is 0 Å². The third-order valence-electron chi connectivity index (χ3n) is 2.37. The van der Waals surface area contributed by atoms with Crippen LogP contribution in [0.2, 0.25) is 0 Å². The van der Waals surface area contributed by atoms with E-state index in [1.54, 1.807) is 0 Å². The topological polar surface area (TPSA) is 50.4 Å². The Hall–Kier alpha value is -0.730. The summed E-state index contributed by atoms with van der Waals surface area (Å²) in [5.74, 6) is 0.582. The molecule has 0 saturated carbocycles. The predicted octanol–water partition coefficient (Wildman–Crippen LogP) is 2.52. The molecule has 90 valence electrons. The Kier molecular flexibility index (Phi) is 6.37. The van der Waals surface area contributed by atoms with Crippen LogP contribution in [0.1, 0.15) is 53.9 Å². The molecular formula is C12H27N3. The standard InChI is InChI=1S/C12H27N3/c1-6-10(2)15-11(13)14-9-7-8-12(3,4)5/h10H,6-9H2,1-5H3,(H3,13,14,15). The van der Waals surface area contributed by atoms with E-state index < -0.39 is 0 Å². The molecule has 0 fully saturated rings. The van der Waals surface area contributed by atoms with Gasteiger partial charge >= 0.3 is 0 Å². The van der Waals surface area contributed by atoms with Crippen LogP contribution in [0.3, 0.4) is 0 Å². The molecule has 1 unspecified atom stereocenters. The number of guanidine groups is 1. The highest BCUT2D eigenvalue weighted by Crippen LogP contribution is 2.20. The lowest BCUT2D eigenvalue weighted by molar-refractivity contribution is 0.368. The van der Waals surface area contributed by atoms with E-state index in [4.69, 9.17) is 5.73 Å². The zero-order valence-electron chi connectivity index (χ0n) is 10.9. The van der Waals surface area contributed by atoms with Gasteiger partial charge in [0.05, 0.1) is 0 Å². The Labute approximate surface area is 94.5 Å². The Morgan fingerprint density at radius 1 is 1.40 bits per heavy atom. The average Bonchev–Trinajstić information content (AvgIpc) is 2.11. The van der Waals surface area contributed by atoms with Crippen LogP contribution < -0.4 is 11.1 Å². The molecule has 0 radical (unpaired) electrons. The molecule has 0 aromatic carbocycles.